The molecular weight excluding hydrogens is 472 g/mol. The number of hydrogen-bond acceptors (Lipinski definition) is 6. The van der Waals surface area contributed by atoms with E-state index in [1.165, 1.54) is 24.4 Å². The van der Waals surface area contributed by atoms with Crippen LogP contribution in [0.5, 0.6) is 11.5 Å². The topological polar surface area (TPSA) is 140 Å². The second-order valence-corrected chi connectivity index (χ2v) is 7.42. The highest BCUT2D eigenvalue weighted by Crippen LogP contribution is 2.15. The fourth-order valence-electron chi connectivity index (χ4n) is 2.90. The predicted octanol–water partition coefficient (Wildman–Crippen LogP) is 4.13. The molecule has 0 heterocycles. The molecule has 9 nitrogen and oxygen atoms in total. The fourth-order valence-corrected chi connectivity index (χ4v) is 2.90. The molecule has 0 saturated heterocycles. The lowest BCUT2D eigenvalue weighted by Gasteiger charge is -2.05. The minimum Gasteiger partial charge on any atom is -0.507 e. The Labute approximate surface area is 213 Å². The smallest absolute Gasteiger partial charge is 0.314 e. The molecular formula is C28H24N4O5. The van der Waals surface area contributed by atoms with Crippen molar-refractivity contribution in [1.82, 2.24) is 5.43 Å². The van der Waals surface area contributed by atoms with Crippen LogP contribution in [-0.2, 0) is 9.59 Å². The van der Waals surface area contributed by atoms with Crippen LogP contribution < -0.4 is 16.1 Å². The van der Waals surface area contributed by atoms with Gasteiger partial charge < -0.3 is 20.8 Å². The van der Waals surface area contributed by atoms with E-state index in [0.29, 0.717) is 16.9 Å². The van der Waals surface area contributed by atoms with Crippen LogP contribution in [0.1, 0.15) is 15.9 Å². The number of rotatable bonds is 5. The Morgan fingerprint density at radius 1 is 0.595 bits per heavy atom. The number of hydrazone groups is 1. The highest BCUT2D eigenvalue weighted by molar-refractivity contribution is 6.43. The summed E-state index contributed by atoms with van der Waals surface area (Å²) in [5, 5.41) is 27.7. The van der Waals surface area contributed by atoms with E-state index in [9.17, 15) is 24.6 Å². The van der Waals surface area contributed by atoms with Crippen LogP contribution in [-0.4, -0.2) is 34.1 Å². The van der Waals surface area contributed by atoms with E-state index < -0.39 is 17.7 Å². The molecule has 0 atom stereocenters. The maximum Gasteiger partial charge on any atom is 0.314 e. The van der Waals surface area contributed by atoms with Crippen LogP contribution in [0.2, 0.25) is 0 Å². The molecule has 0 aliphatic heterocycles. The second-order valence-electron chi connectivity index (χ2n) is 7.42. The monoisotopic (exact) mass is 496 g/mol. The molecule has 0 fully saturated rings. The van der Waals surface area contributed by atoms with Crippen molar-refractivity contribution in [3.63, 3.8) is 0 Å². The summed E-state index contributed by atoms with van der Waals surface area (Å²) in [4.78, 5) is 34.9. The maximum atomic E-state index is 11.7. The van der Waals surface area contributed by atoms with Crippen LogP contribution in [0, 0.1) is 0 Å². The van der Waals surface area contributed by atoms with E-state index in [4.69, 9.17) is 0 Å². The summed E-state index contributed by atoms with van der Waals surface area (Å²) in [5.74, 6) is -1.94. The van der Waals surface area contributed by atoms with Gasteiger partial charge in [-0.2, -0.15) is 5.10 Å². The van der Waals surface area contributed by atoms with E-state index in [2.05, 4.69) is 21.2 Å². The van der Waals surface area contributed by atoms with Crippen molar-refractivity contribution in [2.24, 2.45) is 5.10 Å². The third-order valence-corrected chi connectivity index (χ3v) is 4.72. The molecule has 0 radical (unpaired) electrons. The Kier molecular flexibility index (Phi) is 9.51. The Morgan fingerprint density at radius 2 is 1.05 bits per heavy atom. The van der Waals surface area contributed by atoms with Gasteiger partial charge in [-0.1, -0.05) is 60.7 Å². The van der Waals surface area contributed by atoms with Gasteiger partial charge in [0, 0.05) is 16.9 Å². The summed E-state index contributed by atoms with van der Waals surface area (Å²) in [5.41, 5.74) is 4.07. The van der Waals surface area contributed by atoms with Crippen LogP contribution in [0.15, 0.2) is 114 Å². The summed E-state index contributed by atoms with van der Waals surface area (Å²) in [6.45, 7) is 0. The molecule has 3 amide bonds. The number of nitrogens with one attached hydrogen (secondary N) is 3. The predicted molar refractivity (Wildman–Crippen MR) is 141 cm³/mol. The van der Waals surface area contributed by atoms with E-state index in [-0.39, 0.29) is 17.1 Å². The van der Waals surface area contributed by atoms with E-state index in [1.807, 2.05) is 12.1 Å². The van der Waals surface area contributed by atoms with Crippen LogP contribution in [0.25, 0.3) is 0 Å². The Hall–Kier alpha value is -5.44. The lowest BCUT2D eigenvalue weighted by atomic mass is 10.2. The molecule has 0 unspecified atom stereocenters. The van der Waals surface area contributed by atoms with Gasteiger partial charge in [-0.3, -0.25) is 14.4 Å². The molecule has 4 rings (SSSR count). The van der Waals surface area contributed by atoms with Crippen LogP contribution in [0.3, 0.4) is 0 Å². The molecule has 37 heavy (non-hydrogen) atoms. The summed E-state index contributed by atoms with van der Waals surface area (Å²) in [6.07, 6.45) is 1.33. The fraction of sp³-hybridized carbons (Fsp3) is 0. The highest BCUT2D eigenvalue weighted by atomic mass is 16.3. The van der Waals surface area contributed by atoms with Crippen LogP contribution >= 0.6 is 0 Å². The molecule has 9 heteroatoms. The molecule has 4 aromatic carbocycles. The van der Waals surface area contributed by atoms with Gasteiger partial charge in [0.1, 0.15) is 11.5 Å². The second kappa shape index (κ2) is 13.4. The number of nitrogens with zero attached hydrogens (tertiary/aromatic N) is 1. The van der Waals surface area contributed by atoms with Gasteiger partial charge in [0.25, 0.3) is 5.91 Å². The summed E-state index contributed by atoms with van der Waals surface area (Å²) in [6, 6.07) is 30.4. The van der Waals surface area contributed by atoms with E-state index in [1.54, 1.807) is 78.9 Å². The SMILES string of the molecule is O=C(NN=Cc1ccccc1O)c1ccccc1O.O=C(Nc1ccccc1)C(=O)Nc1ccccc1. The Morgan fingerprint density at radius 3 is 1.57 bits per heavy atom. The normalized spacial score (nSPS) is 10.1. The maximum absolute atomic E-state index is 11.7. The zero-order valence-electron chi connectivity index (χ0n) is 19.5. The van der Waals surface area contributed by atoms with Gasteiger partial charge >= 0.3 is 11.8 Å². The van der Waals surface area contributed by atoms with E-state index >= 15 is 0 Å². The molecule has 0 aliphatic rings. The number of phenols is 2. The zero-order chi connectivity index (χ0) is 26.5. The van der Waals surface area contributed by atoms with Crippen molar-refractivity contribution in [2.75, 3.05) is 10.6 Å². The zero-order valence-corrected chi connectivity index (χ0v) is 19.5. The van der Waals surface area contributed by atoms with Crippen molar-refractivity contribution < 1.29 is 24.6 Å². The van der Waals surface area contributed by atoms with Crippen molar-refractivity contribution in [2.45, 2.75) is 0 Å². The quantitative estimate of drug-likeness (QED) is 0.161. The highest BCUT2D eigenvalue weighted by Gasteiger charge is 2.13. The molecule has 4 aromatic rings. The first-order chi connectivity index (χ1) is 17.9. The molecule has 0 saturated carbocycles. The minimum absolute atomic E-state index is 0.0723. The first-order valence-electron chi connectivity index (χ1n) is 11.1. The lowest BCUT2D eigenvalue weighted by Crippen LogP contribution is -2.28. The molecule has 0 aliphatic carbocycles. The number of hydrogen-bond donors (Lipinski definition) is 5. The summed E-state index contributed by atoms with van der Waals surface area (Å²) < 4.78 is 0. The number of amides is 3. The largest absolute Gasteiger partial charge is 0.507 e. The third kappa shape index (κ3) is 8.37. The standard InChI is InChI=1S/C14H12N2O3.C14H12N2O2/c17-12-7-3-1-5-10(12)9-15-16-14(19)11-6-2-4-8-13(11)18;17-13(15-11-7-3-1-4-8-11)14(18)16-12-9-5-2-6-10-12/h1-9,17-18H,(H,16,19);1-10H,(H,15,17)(H,16,18). The van der Waals surface area contributed by atoms with Gasteiger partial charge in [0.2, 0.25) is 0 Å². The van der Waals surface area contributed by atoms with E-state index in [0.717, 1.165) is 0 Å². The van der Waals surface area contributed by atoms with Gasteiger partial charge in [0.05, 0.1) is 11.8 Å². The summed E-state index contributed by atoms with van der Waals surface area (Å²) in [7, 11) is 0. The molecule has 0 aromatic heterocycles. The summed E-state index contributed by atoms with van der Waals surface area (Å²) >= 11 is 0. The number of anilines is 2. The van der Waals surface area contributed by atoms with Crippen molar-refractivity contribution in [3.8, 4) is 11.5 Å². The number of para-hydroxylation sites is 4. The number of benzene rings is 4. The van der Waals surface area contributed by atoms with Gasteiger partial charge in [-0.15, -0.1) is 0 Å². The number of aromatic hydroxyl groups is 2. The van der Waals surface area contributed by atoms with Crippen LogP contribution in [0.4, 0.5) is 11.4 Å². The number of carbonyl (C=O) groups excluding carboxylic acids is 3. The Bertz CT molecular complexity index is 1320. The molecule has 186 valence electrons. The average molecular weight is 497 g/mol. The minimum atomic E-state index is -0.690. The molecule has 0 spiro atoms. The Balaban J connectivity index is 0.000000206. The lowest BCUT2D eigenvalue weighted by molar-refractivity contribution is -0.132. The third-order valence-electron chi connectivity index (χ3n) is 4.72. The number of carbonyl (C=O) groups is 3. The molecule has 5 N–H and O–H groups in total. The van der Waals surface area contributed by atoms with Gasteiger partial charge in [0.15, 0.2) is 0 Å². The average Bonchev–Trinajstić information content (AvgIpc) is 2.91. The van der Waals surface area contributed by atoms with Crippen molar-refractivity contribution >= 4 is 35.3 Å². The van der Waals surface area contributed by atoms with Gasteiger partial charge in [-0.05, 0) is 48.5 Å². The molecule has 0 bridgehead atoms. The first kappa shape index (κ1) is 26.2. The first-order valence-corrected chi connectivity index (χ1v) is 11.1. The van der Waals surface area contributed by atoms with Crippen molar-refractivity contribution in [1.29, 1.82) is 0 Å². The number of phenolic OH excluding ortho intramolecular Hbond substituents is 2. The van der Waals surface area contributed by atoms with Crippen molar-refractivity contribution in [3.05, 3.63) is 120 Å². The van der Waals surface area contributed by atoms with Gasteiger partial charge in [-0.25, -0.2) is 5.43 Å².